The van der Waals surface area contributed by atoms with Crippen molar-refractivity contribution in [1.82, 2.24) is 0 Å². The van der Waals surface area contributed by atoms with E-state index in [4.69, 9.17) is 11.6 Å². The first-order valence-electron chi connectivity index (χ1n) is 7.17. The van der Waals surface area contributed by atoms with Crippen LogP contribution in [0.25, 0.3) is 0 Å². The van der Waals surface area contributed by atoms with Gasteiger partial charge in [0, 0.05) is 18.7 Å². The van der Waals surface area contributed by atoms with Crippen LogP contribution in [0.4, 0.5) is 15.8 Å². The third kappa shape index (κ3) is 4.70. The summed E-state index contributed by atoms with van der Waals surface area (Å²) in [5, 5.41) is 5.65. The fourth-order valence-electron chi connectivity index (χ4n) is 2.02. The molecule has 2 aromatic rings. The molecule has 0 fully saturated rings. The Hall–Kier alpha value is -2.60. The van der Waals surface area contributed by atoms with Crippen molar-refractivity contribution in [2.24, 2.45) is 0 Å². The number of carbonyl (C=O) groups excluding carboxylic acids is 2. The number of para-hydroxylation sites is 1. The fraction of sp³-hybridized carbons (Fsp3) is 0.176. The summed E-state index contributed by atoms with van der Waals surface area (Å²) in [7, 11) is 1.28. The lowest BCUT2D eigenvalue weighted by Gasteiger charge is -2.10. The summed E-state index contributed by atoms with van der Waals surface area (Å²) in [6, 6.07) is 10.8. The van der Waals surface area contributed by atoms with Gasteiger partial charge >= 0.3 is 5.97 Å². The average Bonchev–Trinajstić information content (AvgIpc) is 2.58. The van der Waals surface area contributed by atoms with E-state index in [9.17, 15) is 14.0 Å². The summed E-state index contributed by atoms with van der Waals surface area (Å²) in [6.45, 7) is 0.328. The zero-order valence-electron chi connectivity index (χ0n) is 12.9. The van der Waals surface area contributed by atoms with Crippen LogP contribution in [-0.4, -0.2) is 25.5 Å². The van der Waals surface area contributed by atoms with E-state index in [1.807, 2.05) is 0 Å². The molecule has 24 heavy (non-hydrogen) atoms. The minimum absolute atomic E-state index is 0.0106. The Morgan fingerprint density at radius 2 is 1.96 bits per heavy atom. The Labute approximate surface area is 143 Å². The van der Waals surface area contributed by atoms with Crippen molar-refractivity contribution in [1.29, 1.82) is 0 Å². The van der Waals surface area contributed by atoms with E-state index in [1.54, 1.807) is 24.3 Å². The normalized spacial score (nSPS) is 10.1. The zero-order chi connectivity index (χ0) is 17.5. The molecule has 0 atom stereocenters. The number of hydrogen-bond acceptors (Lipinski definition) is 4. The molecule has 0 aliphatic carbocycles. The van der Waals surface area contributed by atoms with Crippen molar-refractivity contribution < 1.29 is 18.7 Å². The number of esters is 1. The third-order valence-corrected chi connectivity index (χ3v) is 3.50. The molecule has 0 saturated heterocycles. The highest BCUT2D eigenvalue weighted by molar-refractivity contribution is 6.31. The standard InChI is InChI=1S/C17H16ClFN2O3/c1-24-17(23)12-4-2-3-5-15(12)21-16(22)8-9-20-11-6-7-14(19)13(18)10-11/h2-7,10,20H,8-9H2,1H3,(H,21,22). The highest BCUT2D eigenvalue weighted by Gasteiger charge is 2.13. The second kappa shape index (κ2) is 8.31. The molecule has 0 unspecified atom stereocenters. The molecule has 1 amide bonds. The molecule has 2 N–H and O–H groups in total. The van der Waals surface area contributed by atoms with Crippen molar-refractivity contribution in [2.75, 3.05) is 24.3 Å². The Balaban J connectivity index is 1.90. The van der Waals surface area contributed by atoms with Gasteiger partial charge in [-0.1, -0.05) is 23.7 Å². The molecule has 126 valence electrons. The molecule has 0 spiro atoms. The predicted molar refractivity (Wildman–Crippen MR) is 90.9 cm³/mol. The van der Waals surface area contributed by atoms with Gasteiger partial charge in [0.2, 0.25) is 5.91 Å². The molecule has 0 heterocycles. The molecule has 0 saturated carbocycles. The van der Waals surface area contributed by atoms with E-state index in [2.05, 4.69) is 15.4 Å². The van der Waals surface area contributed by atoms with Gasteiger partial charge in [-0.25, -0.2) is 9.18 Å². The molecule has 0 aliphatic rings. The molecule has 0 radical (unpaired) electrons. The molecular weight excluding hydrogens is 335 g/mol. The van der Waals surface area contributed by atoms with Crippen LogP contribution >= 0.6 is 11.6 Å². The summed E-state index contributed by atoms with van der Waals surface area (Å²) in [5.41, 5.74) is 1.29. The Kier molecular flexibility index (Phi) is 6.14. The van der Waals surface area contributed by atoms with Gasteiger partial charge in [-0.05, 0) is 30.3 Å². The molecule has 0 aliphatic heterocycles. The fourth-order valence-corrected chi connectivity index (χ4v) is 2.20. The van der Waals surface area contributed by atoms with Crippen molar-refractivity contribution in [3.63, 3.8) is 0 Å². The van der Waals surface area contributed by atoms with E-state index < -0.39 is 11.8 Å². The van der Waals surface area contributed by atoms with Gasteiger partial charge in [0.15, 0.2) is 0 Å². The molecule has 2 rings (SSSR count). The summed E-state index contributed by atoms with van der Waals surface area (Å²) < 4.78 is 17.7. The number of halogens is 2. The molecule has 0 aromatic heterocycles. The predicted octanol–water partition coefficient (Wildman–Crippen LogP) is 3.71. The van der Waals surface area contributed by atoms with E-state index >= 15 is 0 Å². The van der Waals surface area contributed by atoms with Crippen LogP contribution in [0.5, 0.6) is 0 Å². The smallest absolute Gasteiger partial charge is 0.339 e. The first kappa shape index (κ1) is 17.7. The number of anilines is 2. The van der Waals surface area contributed by atoms with Gasteiger partial charge in [-0.2, -0.15) is 0 Å². The van der Waals surface area contributed by atoms with Gasteiger partial charge in [-0.3, -0.25) is 4.79 Å². The maximum Gasteiger partial charge on any atom is 0.339 e. The van der Waals surface area contributed by atoms with Crippen LogP contribution in [0, 0.1) is 5.82 Å². The molecule has 2 aromatic carbocycles. The maximum atomic E-state index is 13.1. The van der Waals surface area contributed by atoms with Gasteiger partial charge in [-0.15, -0.1) is 0 Å². The topological polar surface area (TPSA) is 67.4 Å². The maximum absolute atomic E-state index is 13.1. The van der Waals surface area contributed by atoms with Gasteiger partial charge in [0.25, 0.3) is 0 Å². The summed E-state index contributed by atoms with van der Waals surface area (Å²) >= 11 is 5.69. The first-order valence-corrected chi connectivity index (χ1v) is 7.55. The monoisotopic (exact) mass is 350 g/mol. The van der Waals surface area contributed by atoms with Crippen LogP contribution < -0.4 is 10.6 Å². The Bertz CT molecular complexity index is 752. The van der Waals surface area contributed by atoms with Crippen LogP contribution in [0.15, 0.2) is 42.5 Å². The van der Waals surface area contributed by atoms with Gasteiger partial charge in [0.1, 0.15) is 5.82 Å². The number of ether oxygens (including phenoxy) is 1. The quantitative estimate of drug-likeness (QED) is 0.779. The SMILES string of the molecule is COC(=O)c1ccccc1NC(=O)CCNc1ccc(F)c(Cl)c1. The lowest BCUT2D eigenvalue weighted by molar-refractivity contribution is -0.115. The lowest BCUT2D eigenvalue weighted by Crippen LogP contribution is -2.18. The molecule has 5 nitrogen and oxygen atoms in total. The molecular formula is C17H16ClFN2O3. The van der Waals surface area contributed by atoms with Crippen molar-refractivity contribution in [2.45, 2.75) is 6.42 Å². The second-order valence-corrected chi connectivity index (χ2v) is 5.30. The summed E-state index contributed by atoms with van der Waals surface area (Å²) in [4.78, 5) is 23.6. The van der Waals surface area contributed by atoms with Crippen LogP contribution in [-0.2, 0) is 9.53 Å². The van der Waals surface area contributed by atoms with Crippen LogP contribution in [0.1, 0.15) is 16.8 Å². The van der Waals surface area contributed by atoms with Crippen molar-refractivity contribution in [3.05, 3.63) is 58.9 Å². The lowest BCUT2D eigenvalue weighted by atomic mass is 10.1. The largest absolute Gasteiger partial charge is 0.465 e. The highest BCUT2D eigenvalue weighted by Crippen LogP contribution is 2.19. The second-order valence-electron chi connectivity index (χ2n) is 4.89. The Morgan fingerprint density at radius 1 is 1.21 bits per heavy atom. The van der Waals surface area contributed by atoms with E-state index in [0.717, 1.165) is 0 Å². The van der Waals surface area contributed by atoms with Crippen LogP contribution in [0.2, 0.25) is 5.02 Å². The number of nitrogens with one attached hydrogen (secondary N) is 2. The number of hydrogen-bond donors (Lipinski definition) is 2. The van der Waals surface area contributed by atoms with Gasteiger partial charge in [0.05, 0.1) is 23.4 Å². The minimum Gasteiger partial charge on any atom is -0.465 e. The van der Waals surface area contributed by atoms with Crippen LogP contribution in [0.3, 0.4) is 0 Å². The highest BCUT2D eigenvalue weighted by atomic mass is 35.5. The number of methoxy groups -OCH3 is 1. The average molecular weight is 351 g/mol. The number of amides is 1. The minimum atomic E-state index is -0.523. The number of benzene rings is 2. The number of rotatable bonds is 6. The zero-order valence-corrected chi connectivity index (χ0v) is 13.7. The summed E-state index contributed by atoms with van der Waals surface area (Å²) in [6.07, 6.45) is 0.157. The first-order chi connectivity index (χ1) is 11.5. The summed E-state index contributed by atoms with van der Waals surface area (Å²) in [5.74, 6) is -1.29. The number of carbonyl (C=O) groups is 2. The van der Waals surface area contributed by atoms with E-state index in [-0.39, 0.29) is 22.9 Å². The van der Waals surface area contributed by atoms with Crippen molar-refractivity contribution >= 4 is 34.9 Å². The third-order valence-electron chi connectivity index (χ3n) is 3.21. The molecule has 7 heteroatoms. The Morgan fingerprint density at radius 3 is 2.67 bits per heavy atom. The van der Waals surface area contributed by atoms with Gasteiger partial charge < -0.3 is 15.4 Å². The van der Waals surface area contributed by atoms with E-state index in [0.29, 0.717) is 17.9 Å². The van der Waals surface area contributed by atoms with E-state index in [1.165, 1.54) is 25.3 Å². The molecule has 0 bridgehead atoms. The van der Waals surface area contributed by atoms with Crippen molar-refractivity contribution in [3.8, 4) is 0 Å².